The summed E-state index contributed by atoms with van der Waals surface area (Å²) < 4.78 is 0.676. The van der Waals surface area contributed by atoms with E-state index in [-0.39, 0.29) is 5.91 Å². The van der Waals surface area contributed by atoms with Crippen molar-refractivity contribution in [3.63, 3.8) is 0 Å². The largest absolute Gasteiger partial charge is 0.341 e. The number of carbonyl (C=O) groups excluding carboxylic acids is 1. The van der Waals surface area contributed by atoms with E-state index in [4.69, 9.17) is 17.3 Å². The van der Waals surface area contributed by atoms with Crippen LogP contribution in [0.25, 0.3) is 0 Å². The molecule has 0 radical (unpaired) electrons. The number of carbonyl (C=O) groups is 1. The van der Waals surface area contributed by atoms with Crippen LogP contribution in [0.5, 0.6) is 0 Å². The Morgan fingerprint density at radius 3 is 2.67 bits per heavy atom. The molecule has 1 amide bonds. The van der Waals surface area contributed by atoms with Gasteiger partial charge >= 0.3 is 0 Å². The number of hydrogen-bond acceptors (Lipinski definition) is 3. The molecule has 82 valence electrons. The van der Waals surface area contributed by atoms with E-state index in [1.807, 2.05) is 11.0 Å². The fourth-order valence-corrected chi connectivity index (χ4v) is 2.81. The number of halogens is 1. The molecule has 0 saturated carbocycles. The highest BCUT2D eigenvalue weighted by atomic mass is 35.5. The van der Waals surface area contributed by atoms with Gasteiger partial charge in [0.1, 0.15) is 6.04 Å². The van der Waals surface area contributed by atoms with Crippen LogP contribution in [0, 0.1) is 0 Å². The lowest BCUT2D eigenvalue weighted by Gasteiger charge is -2.19. The molecule has 1 atom stereocenters. The average Bonchev–Trinajstić information content (AvgIpc) is 2.85. The van der Waals surface area contributed by atoms with Gasteiger partial charge in [-0.3, -0.25) is 4.79 Å². The summed E-state index contributed by atoms with van der Waals surface area (Å²) in [7, 11) is 0. The van der Waals surface area contributed by atoms with Crippen molar-refractivity contribution >= 4 is 28.8 Å². The number of hydrogen-bond donors (Lipinski definition) is 1. The molecule has 1 fully saturated rings. The van der Waals surface area contributed by atoms with Crippen molar-refractivity contribution in [2.75, 3.05) is 13.1 Å². The van der Waals surface area contributed by atoms with E-state index in [0.29, 0.717) is 4.34 Å². The van der Waals surface area contributed by atoms with Crippen LogP contribution < -0.4 is 5.73 Å². The van der Waals surface area contributed by atoms with Gasteiger partial charge in [-0.25, -0.2) is 0 Å². The molecule has 1 aromatic heterocycles. The van der Waals surface area contributed by atoms with E-state index in [0.717, 1.165) is 30.8 Å². The molecule has 0 aliphatic carbocycles. The topological polar surface area (TPSA) is 46.3 Å². The van der Waals surface area contributed by atoms with Gasteiger partial charge in [0.25, 0.3) is 0 Å². The van der Waals surface area contributed by atoms with Gasteiger partial charge in [-0.2, -0.15) is 0 Å². The van der Waals surface area contributed by atoms with Gasteiger partial charge < -0.3 is 10.6 Å². The summed E-state index contributed by atoms with van der Waals surface area (Å²) in [6.07, 6.45) is 2.17. The number of nitrogens with two attached hydrogens (primary N) is 1. The van der Waals surface area contributed by atoms with Crippen molar-refractivity contribution in [2.45, 2.75) is 18.9 Å². The first-order chi connectivity index (χ1) is 7.18. The second-order valence-corrected chi connectivity index (χ2v) is 5.40. The summed E-state index contributed by atoms with van der Waals surface area (Å²) in [5.41, 5.74) is 5.89. The third-order valence-corrected chi connectivity index (χ3v) is 3.90. The number of thiophene rings is 1. The SMILES string of the molecule is NC(C(=O)N1CCCC1)c1ccc(Cl)s1. The van der Waals surface area contributed by atoms with Gasteiger partial charge in [0.05, 0.1) is 4.34 Å². The first-order valence-corrected chi connectivity index (χ1v) is 6.17. The van der Waals surface area contributed by atoms with Crippen molar-refractivity contribution in [1.82, 2.24) is 4.90 Å². The molecule has 5 heteroatoms. The monoisotopic (exact) mass is 244 g/mol. The smallest absolute Gasteiger partial charge is 0.244 e. The summed E-state index contributed by atoms with van der Waals surface area (Å²) in [4.78, 5) is 14.6. The highest BCUT2D eigenvalue weighted by Crippen LogP contribution is 2.27. The van der Waals surface area contributed by atoms with Crippen LogP contribution in [0.2, 0.25) is 4.34 Å². The standard InChI is InChI=1S/C10H13ClN2OS/c11-8-4-3-7(15-8)9(12)10(14)13-5-1-2-6-13/h3-4,9H,1-2,5-6,12H2. The Morgan fingerprint density at radius 1 is 1.47 bits per heavy atom. The summed E-state index contributed by atoms with van der Waals surface area (Å²) in [6, 6.07) is 3.06. The molecule has 1 saturated heterocycles. The molecule has 1 aliphatic rings. The Balaban J connectivity index is 2.06. The van der Waals surface area contributed by atoms with E-state index in [2.05, 4.69) is 0 Å². The molecule has 1 unspecified atom stereocenters. The van der Waals surface area contributed by atoms with E-state index in [1.165, 1.54) is 11.3 Å². The molecule has 0 spiro atoms. The second kappa shape index (κ2) is 4.51. The molecule has 0 aromatic carbocycles. The minimum absolute atomic E-state index is 0.0195. The first kappa shape index (κ1) is 10.9. The first-order valence-electron chi connectivity index (χ1n) is 4.98. The second-order valence-electron chi connectivity index (χ2n) is 3.65. The number of rotatable bonds is 2. The highest BCUT2D eigenvalue weighted by Gasteiger charge is 2.25. The fourth-order valence-electron chi connectivity index (χ4n) is 1.75. The normalized spacial score (nSPS) is 18.1. The summed E-state index contributed by atoms with van der Waals surface area (Å²) >= 11 is 7.18. The number of amides is 1. The maximum Gasteiger partial charge on any atom is 0.244 e. The van der Waals surface area contributed by atoms with Gasteiger partial charge in [-0.1, -0.05) is 11.6 Å². The lowest BCUT2D eigenvalue weighted by molar-refractivity contribution is -0.131. The van der Waals surface area contributed by atoms with Crippen molar-refractivity contribution in [1.29, 1.82) is 0 Å². The maximum atomic E-state index is 11.9. The number of nitrogens with zero attached hydrogens (tertiary/aromatic N) is 1. The highest BCUT2D eigenvalue weighted by molar-refractivity contribution is 7.16. The molecule has 15 heavy (non-hydrogen) atoms. The van der Waals surface area contributed by atoms with Crippen molar-refractivity contribution < 1.29 is 4.79 Å². The van der Waals surface area contributed by atoms with Gasteiger partial charge in [-0.15, -0.1) is 11.3 Å². The molecule has 0 bridgehead atoms. The van der Waals surface area contributed by atoms with Crippen LogP contribution in [0.3, 0.4) is 0 Å². The lowest BCUT2D eigenvalue weighted by Crippen LogP contribution is -2.36. The molecule has 1 aromatic rings. The van der Waals surface area contributed by atoms with Crippen LogP contribution in [-0.2, 0) is 4.79 Å². The minimum atomic E-state index is -0.541. The third-order valence-electron chi connectivity index (χ3n) is 2.58. The molecular weight excluding hydrogens is 232 g/mol. The fraction of sp³-hybridized carbons (Fsp3) is 0.500. The van der Waals surface area contributed by atoms with Crippen molar-refractivity contribution in [3.8, 4) is 0 Å². The maximum absolute atomic E-state index is 11.9. The van der Waals surface area contributed by atoms with Crippen LogP contribution >= 0.6 is 22.9 Å². The van der Waals surface area contributed by atoms with E-state index < -0.39 is 6.04 Å². The predicted molar refractivity (Wildman–Crippen MR) is 62.1 cm³/mol. The van der Waals surface area contributed by atoms with E-state index in [9.17, 15) is 4.79 Å². The van der Waals surface area contributed by atoms with Crippen LogP contribution in [0.1, 0.15) is 23.8 Å². The minimum Gasteiger partial charge on any atom is -0.341 e. The Kier molecular flexibility index (Phi) is 3.29. The Labute approximate surface area is 97.8 Å². The summed E-state index contributed by atoms with van der Waals surface area (Å²) in [5, 5.41) is 0. The van der Waals surface area contributed by atoms with Crippen molar-refractivity contribution in [3.05, 3.63) is 21.3 Å². The summed E-state index contributed by atoms with van der Waals surface area (Å²) in [5.74, 6) is 0.0195. The Hall–Kier alpha value is -0.580. The van der Waals surface area contributed by atoms with Crippen LogP contribution in [0.15, 0.2) is 12.1 Å². The zero-order valence-corrected chi connectivity index (χ0v) is 9.85. The molecular formula is C10H13ClN2OS. The zero-order chi connectivity index (χ0) is 10.8. The molecule has 2 N–H and O–H groups in total. The number of likely N-dealkylation sites (tertiary alicyclic amines) is 1. The zero-order valence-electron chi connectivity index (χ0n) is 8.28. The molecule has 1 aliphatic heterocycles. The van der Waals surface area contributed by atoms with E-state index in [1.54, 1.807) is 6.07 Å². The quantitative estimate of drug-likeness (QED) is 0.865. The predicted octanol–water partition coefficient (Wildman–Crippen LogP) is 2.02. The summed E-state index contributed by atoms with van der Waals surface area (Å²) in [6.45, 7) is 1.68. The molecule has 3 nitrogen and oxygen atoms in total. The van der Waals surface area contributed by atoms with Crippen LogP contribution in [0.4, 0.5) is 0 Å². The van der Waals surface area contributed by atoms with Gasteiger partial charge in [0.15, 0.2) is 0 Å². The third kappa shape index (κ3) is 2.33. The van der Waals surface area contributed by atoms with Gasteiger partial charge in [0, 0.05) is 18.0 Å². The van der Waals surface area contributed by atoms with Crippen molar-refractivity contribution in [2.24, 2.45) is 5.73 Å². The molecule has 2 rings (SSSR count). The van der Waals surface area contributed by atoms with Gasteiger partial charge in [-0.05, 0) is 25.0 Å². The Bertz CT molecular complexity index is 360. The van der Waals surface area contributed by atoms with E-state index >= 15 is 0 Å². The van der Waals surface area contributed by atoms with Crippen LogP contribution in [-0.4, -0.2) is 23.9 Å². The molecule has 2 heterocycles. The Morgan fingerprint density at radius 2 is 2.13 bits per heavy atom. The average molecular weight is 245 g/mol. The van der Waals surface area contributed by atoms with Gasteiger partial charge in [0.2, 0.25) is 5.91 Å². The lowest BCUT2D eigenvalue weighted by atomic mass is 10.2.